The van der Waals surface area contributed by atoms with Crippen molar-refractivity contribution in [1.29, 1.82) is 0 Å². The molecular formula is C15H15N3. The minimum Gasteiger partial charge on any atom is -0.399 e. The number of hydrogen-bond acceptors (Lipinski definition) is 3. The van der Waals surface area contributed by atoms with Gasteiger partial charge >= 0.3 is 0 Å². The predicted octanol–water partition coefficient (Wildman–Crippen LogP) is 2.12. The van der Waals surface area contributed by atoms with Crippen molar-refractivity contribution in [2.75, 3.05) is 12.3 Å². The van der Waals surface area contributed by atoms with Gasteiger partial charge in [0.1, 0.15) is 5.84 Å². The number of nitrogen functional groups attached to an aromatic ring is 1. The lowest BCUT2D eigenvalue weighted by Gasteiger charge is -2.23. The first-order chi connectivity index (χ1) is 8.75. The molecule has 18 heavy (non-hydrogen) atoms. The van der Waals surface area contributed by atoms with Gasteiger partial charge in [0.2, 0.25) is 0 Å². The van der Waals surface area contributed by atoms with Crippen LogP contribution in [-0.4, -0.2) is 12.4 Å². The monoisotopic (exact) mass is 237 g/mol. The van der Waals surface area contributed by atoms with E-state index in [2.05, 4.69) is 23.2 Å². The van der Waals surface area contributed by atoms with Crippen LogP contribution in [0.15, 0.2) is 53.5 Å². The van der Waals surface area contributed by atoms with E-state index in [1.165, 1.54) is 11.1 Å². The highest BCUT2D eigenvalue weighted by Crippen LogP contribution is 2.31. The van der Waals surface area contributed by atoms with Gasteiger partial charge < -0.3 is 11.5 Å². The summed E-state index contributed by atoms with van der Waals surface area (Å²) in [5.41, 5.74) is 16.0. The number of benzene rings is 2. The molecule has 1 aliphatic heterocycles. The van der Waals surface area contributed by atoms with E-state index in [0.717, 1.165) is 11.3 Å². The summed E-state index contributed by atoms with van der Waals surface area (Å²) in [6.45, 7) is 0.701. The van der Waals surface area contributed by atoms with Crippen molar-refractivity contribution in [3.05, 3.63) is 65.2 Å². The maximum atomic E-state index is 5.94. The summed E-state index contributed by atoms with van der Waals surface area (Å²) < 4.78 is 0. The molecule has 1 atom stereocenters. The number of fused-ring (bicyclic) bond motifs is 1. The largest absolute Gasteiger partial charge is 0.399 e. The Kier molecular flexibility index (Phi) is 2.52. The Labute approximate surface area is 106 Å². The highest BCUT2D eigenvalue weighted by atomic mass is 14.9. The highest BCUT2D eigenvalue weighted by Gasteiger charge is 2.22. The maximum absolute atomic E-state index is 5.94. The number of nitrogens with two attached hydrogens (primary N) is 2. The van der Waals surface area contributed by atoms with Gasteiger partial charge in [-0.2, -0.15) is 0 Å². The summed E-state index contributed by atoms with van der Waals surface area (Å²) in [4.78, 5) is 4.41. The molecule has 3 heteroatoms. The number of hydrogen-bond donors (Lipinski definition) is 2. The third-order valence-corrected chi connectivity index (χ3v) is 3.40. The Morgan fingerprint density at radius 2 is 1.67 bits per heavy atom. The summed E-state index contributed by atoms with van der Waals surface area (Å²) in [6.07, 6.45) is 0. The highest BCUT2D eigenvalue weighted by molar-refractivity contribution is 6.00. The summed E-state index contributed by atoms with van der Waals surface area (Å²) in [5, 5.41) is 0. The van der Waals surface area contributed by atoms with Crippen molar-refractivity contribution in [2.45, 2.75) is 5.92 Å². The SMILES string of the molecule is NC1=NC[C@H](c2ccc(N)cc2)c2ccccc21. The van der Waals surface area contributed by atoms with E-state index in [1.54, 1.807) is 0 Å². The lowest BCUT2D eigenvalue weighted by atomic mass is 9.86. The molecule has 1 aliphatic rings. The molecule has 0 aliphatic carbocycles. The lowest BCUT2D eigenvalue weighted by molar-refractivity contribution is 0.801. The first-order valence-electron chi connectivity index (χ1n) is 6.00. The zero-order valence-electron chi connectivity index (χ0n) is 10.0. The summed E-state index contributed by atoms with van der Waals surface area (Å²) >= 11 is 0. The molecule has 0 bridgehead atoms. The molecule has 0 unspecified atom stereocenters. The van der Waals surface area contributed by atoms with E-state index in [0.29, 0.717) is 12.4 Å². The third-order valence-electron chi connectivity index (χ3n) is 3.40. The number of aliphatic imine (C=N–C) groups is 1. The van der Waals surface area contributed by atoms with Crippen molar-refractivity contribution in [3.63, 3.8) is 0 Å². The second-order valence-electron chi connectivity index (χ2n) is 4.53. The zero-order valence-corrected chi connectivity index (χ0v) is 10.0. The fraction of sp³-hybridized carbons (Fsp3) is 0.133. The Hall–Kier alpha value is -2.29. The second-order valence-corrected chi connectivity index (χ2v) is 4.53. The Morgan fingerprint density at radius 1 is 0.944 bits per heavy atom. The standard InChI is InChI=1S/C15H15N3/c16-11-7-5-10(6-8-11)14-9-18-15(17)13-4-2-1-3-12(13)14/h1-8,14H,9,16H2,(H2,17,18)/t14-/m1/s1. The fourth-order valence-corrected chi connectivity index (χ4v) is 2.42. The van der Waals surface area contributed by atoms with E-state index in [9.17, 15) is 0 Å². The van der Waals surface area contributed by atoms with Crippen LogP contribution in [0, 0.1) is 0 Å². The van der Waals surface area contributed by atoms with Crippen LogP contribution in [0.5, 0.6) is 0 Å². The second kappa shape index (κ2) is 4.18. The first kappa shape index (κ1) is 10.8. The number of rotatable bonds is 1. The average molecular weight is 237 g/mol. The molecule has 1 heterocycles. The summed E-state index contributed by atoms with van der Waals surface area (Å²) in [7, 11) is 0. The van der Waals surface area contributed by atoms with Crippen LogP contribution in [0.3, 0.4) is 0 Å². The zero-order chi connectivity index (χ0) is 12.5. The number of amidine groups is 1. The van der Waals surface area contributed by atoms with Gasteiger partial charge in [-0.3, -0.25) is 4.99 Å². The molecule has 2 aromatic carbocycles. The Morgan fingerprint density at radius 3 is 2.44 bits per heavy atom. The Bertz CT molecular complexity index is 599. The van der Waals surface area contributed by atoms with E-state index < -0.39 is 0 Å². The lowest BCUT2D eigenvalue weighted by Crippen LogP contribution is -2.24. The third kappa shape index (κ3) is 1.74. The van der Waals surface area contributed by atoms with Crippen LogP contribution in [0.2, 0.25) is 0 Å². The fourth-order valence-electron chi connectivity index (χ4n) is 2.42. The van der Waals surface area contributed by atoms with Gasteiger partial charge in [-0.05, 0) is 23.3 Å². The van der Waals surface area contributed by atoms with E-state index in [-0.39, 0.29) is 5.92 Å². The number of anilines is 1. The van der Waals surface area contributed by atoms with Crippen LogP contribution in [0.4, 0.5) is 5.69 Å². The van der Waals surface area contributed by atoms with Gasteiger partial charge in [0.15, 0.2) is 0 Å². The topological polar surface area (TPSA) is 64.4 Å². The van der Waals surface area contributed by atoms with Crippen LogP contribution in [-0.2, 0) is 0 Å². The first-order valence-corrected chi connectivity index (χ1v) is 6.00. The molecule has 90 valence electrons. The molecule has 0 amide bonds. The van der Waals surface area contributed by atoms with Crippen molar-refractivity contribution in [1.82, 2.24) is 0 Å². The molecule has 3 nitrogen and oxygen atoms in total. The van der Waals surface area contributed by atoms with Crippen molar-refractivity contribution < 1.29 is 0 Å². The molecule has 0 aromatic heterocycles. The van der Waals surface area contributed by atoms with E-state index in [4.69, 9.17) is 11.5 Å². The quantitative estimate of drug-likeness (QED) is 0.746. The van der Waals surface area contributed by atoms with E-state index >= 15 is 0 Å². The molecule has 0 saturated heterocycles. The minimum absolute atomic E-state index is 0.272. The van der Waals surface area contributed by atoms with Crippen LogP contribution in [0.1, 0.15) is 22.6 Å². The molecule has 0 radical (unpaired) electrons. The molecule has 4 N–H and O–H groups in total. The van der Waals surface area contributed by atoms with Gasteiger partial charge in [-0.15, -0.1) is 0 Å². The number of nitrogens with zero attached hydrogens (tertiary/aromatic N) is 1. The van der Waals surface area contributed by atoms with Crippen LogP contribution < -0.4 is 11.5 Å². The van der Waals surface area contributed by atoms with Gasteiger partial charge in [-0.25, -0.2) is 0 Å². The van der Waals surface area contributed by atoms with Gasteiger partial charge in [0, 0.05) is 17.2 Å². The Balaban J connectivity index is 2.08. The molecule has 0 saturated carbocycles. The summed E-state index contributed by atoms with van der Waals surface area (Å²) in [6, 6.07) is 16.2. The molecule has 2 aromatic rings. The predicted molar refractivity (Wildman–Crippen MR) is 74.7 cm³/mol. The van der Waals surface area contributed by atoms with Gasteiger partial charge in [0.25, 0.3) is 0 Å². The van der Waals surface area contributed by atoms with Crippen LogP contribution >= 0.6 is 0 Å². The summed E-state index contributed by atoms with van der Waals surface area (Å²) in [5.74, 6) is 0.909. The average Bonchev–Trinajstić information content (AvgIpc) is 2.41. The molecular weight excluding hydrogens is 222 g/mol. The molecule has 3 rings (SSSR count). The molecule has 0 spiro atoms. The normalized spacial score (nSPS) is 18.0. The van der Waals surface area contributed by atoms with E-state index in [1.807, 2.05) is 30.3 Å². The minimum atomic E-state index is 0.272. The van der Waals surface area contributed by atoms with Gasteiger partial charge in [-0.1, -0.05) is 36.4 Å². The van der Waals surface area contributed by atoms with Crippen molar-refractivity contribution >= 4 is 11.5 Å². The van der Waals surface area contributed by atoms with Crippen molar-refractivity contribution in [2.24, 2.45) is 10.7 Å². The van der Waals surface area contributed by atoms with Crippen LogP contribution in [0.25, 0.3) is 0 Å². The molecule has 0 fully saturated rings. The van der Waals surface area contributed by atoms with Crippen molar-refractivity contribution in [3.8, 4) is 0 Å². The smallest absolute Gasteiger partial charge is 0.125 e. The van der Waals surface area contributed by atoms with Gasteiger partial charge in [0.05, 0.1) is 6.54 Å². The maximum Gasteiger partial charge on any atom is 0.125 e.